The van der Waals surface area contributed by atoms with Crippen LogP contribution in [0, 0.1) is 13.8 Å². The van der Waals surface area contributed by atoms with E-state index in [4.69, 9.17) is 16.3 Å². The fourth-order valence-electron chi connectivity index (χ4n) is 4.65. The molecule has 0 N–H and O–H groups in total. The van der Waals surface area contributed by atoms with Crippen molar-refractivity contribution in [2.24, 2.45) is 0 Å². The number of nitrogens with zero attached hydrogens (tertiary/aromatic N) is 1. The van der Waals surface area contributed by atoms with Crippen LogP contribution in [0.1, 0.15) is 33.4 Å². The highest BCUT2D eigenvalue weighted by Crippen LogP contribution is 2.39. The first-order chi connectivity index (χ1) is 18.2. The van der Waals surface area contributed by atoms with Gasteiger partial charge in [-0.05, 0) is 84.0 Å². The Balaban J connectivity index is 1.60. The van der Waals surface area contributed by atoms with E-state index >= 15 is 0 Å². The molecule has 1 aromatic heterocycles. The Labute approximate surface area is 224 Å². The zero-order chi connectivity index (χ0) is 26.9. The second-order valence-corrected chi connectivity index (χ2v) is 9.84. The van der Waals surface area contributed by atoms with Crippen molar-refractivity contribution in [1.82, 2.24) is 4.98 Å². The molecular formula is C32H25ClF3NO. The van der Waals surface area contributed by atoms with E-state index in [1.54, 1.807) is 24.4 Å². The zero-order valence-electron chi connectivity index (χ0n) is 20.9. The summed E-state index contributed by atoms with van der Waals surface area (Å²) >= 11 is 6.06. The van der Waals surface area contributed by atoms with Crippen LogP contribution in [0.3, 0.4) is 0 Å². The third kappa shape index (κ3) is 5.53. The molecule has 0 radical (unpaired) electrons. The fraction of sp³-hybridized carbons (Fsp3) is 0.156. The van der Waals surface area contributed by atoms with Gasteiger partial charge in [-0.25, -0.2) is 0 Å². The van der Waals surface area contributed by atoms with Gasteiger partial charge in [-0.15, -0.1) is 0 Å². The lowest BCUT2D eigenvalue weighted by molar-refractivity contribution is -0.136. The Kier molecular flexibility index (Phi) is 7.13. The molecule has 0 saturated heterocycles. The number of aryl methyl sites for hydroxylation is 2. The minimum Gasteiger partial charge on any atom is -0.489 e. The standard InChI is InChI=1S/C32H25ClF3NO/c1-20-9-10-21(2)25(15-20)19-38-27-6-3-5-23(17-27)30-24(16-22-11-13-26(33)14-12-22)18-37-31-28(30)7-4-8-29(31)32(34,35)36/h3-15,17-18H,16,19H2,1-2H3. The maximum Gasteiger partial charge on any atom is 0.418 e. The van der Waals surface area contributed by atoms with Gasteiger partial charge in [-0.1, -0.05) is 71.8 Å². The minimum atomic E-state index is -4.52. The smallest absolute Gasteiger partial charge is 0.418 e. The van der Waals surface area contributed by atoms with Gasteiger partial charge in [-0.3, -0.25) is 4.98 Å². The Hall–Kier alpha value is -3.83. The van der Waals surface area contributed by atoms with Crippen LogP contribution in [-0.4, -0.2) is 4.98 Å². The van der Waals surface area contributed by atoms with Crippen molar-refractivity contribution >= 4 is 22.5 Å². The SMILES string of the molecule is Cc1ccc(C)c(COc2cccc(-c3c(Cc4ccc(Cl)cc4)cnc4c(C(F)(F)F)cccc34)c2)c1. The van der Waals surface area contributed by atoms with E-state index in [-0.39, 0.29) is 5.52 Å². The van der Waals surface area contributed by atoms with Crippen LogP contribution in [0.2, 0.25) is 5.02 Å². The van der Waals surface area contributed by atoms with E-state index < -0.39 is 11.7 Å². The highest BCUT2D eigenvalue weighted by molar-refractivity contribution is 6.30. The Morgan fingerprint density at radius 3 is 2.37 bits per heavy atom. The average Bonchev–Trinajstić information content (AvgIpc) is 2.89. The summed E-state index contributed by atoms with van der Waals surface area (Å²) < 4.78 is 47.7. The third-order valence-corrected chi connectivity index (χ3v) is 6.86. The lowest BCUT2D eigenvalue weighted by Gasteiger charge is -2.17. The molecule has 0 spiro atoms. The minimum absolute atomic E-state index is 0.0726. The molecule has 192 valence electrons. The van der Waals surface area contributed by atoms with E-state index in [0.717, 1.165) is 39.4 Å². The first-order valence-corrected chi connectivity index (χ1v) is 12.6. The van der Waals surface area contributed by atoms with Crippen molar-refractivity contribution < 1.29 is 17.9 Å². The van der Waals surface area contributed by atoms with Crippen molar-refractivity contribution in [3.05, 3.63) is 130 Å². The molecule has 5 rings (SSSR count). The van der Waals surface area contributed by atoms with Crippen LogP contribution >= 0.6 is 11.6 Å². The largest absolute Gasteiger partial charge is 0.489 e. The number of halogens is 4. The lowest BCUT2D eigenvalue weighted by atomic mass is 9.91. The lowest BCUT2D eigenvalue weighted by Crippen LogP contribution is -2.07. The Bertz CT molecular complexity index is 1610. The van der Waals surface area contributed by atoms with Crippen LogP contribution in [0.15, 0.2) is 91.1 Å². The van der Waals surface area contributed by atoms with Gasteiger partial charge in [0.2, 0.25) is 0 Å². The summed E-state index contributed by atoms with van der Waals surface area (Å²) in [5.74, 6) is 0.637. The summed E-state index contributed by atoms with van der Waals surface area (Å²) in [6.45, 7) is 4.47. The van der Waals surface area contributed by atoms with Crippen LogP contribution in [0.5, 0.6) is 5.75 Å². The molecule has 0 unspecified atom stereocenters. The number of benzene rings is 4. The first kappa shape index (κ1) is 25.8. The van der Waals surface area contributed by atoms with Gasteiger partial charge < -0.3 is 4.74 Å². The van der Waals surface area contributed by atoms with E-state index in [1.165, 1.54) is 6.07 Å². The van der Waals surface area contributed by atoms with Crippen molar-refractivity contribution in [3.63, 3.8) is 0 Å². The molecule has 2 nitrogen and oxygen atoms in total. The van der Waals surface area contributed by atoms with Crippen LogP contribution < -0.4 is 4.74 Å². The molecule has 6 heteroatoms. The molecule has 0 amide bonds. The second kappa shape index (κ2) is 10.5. The number of aromatic nitrogens is 1. The van der Waals surface area contributed by atoms with Crippen LogP contribution in [0.25, 0.3) is 22.0 Å². The number of rotatable bonds is 6. The highest BCUT2D eigenvalue weighted by Gasteiger charge is 2.33. The predicted octanol–water partition coefficient (Wildman–Crippen LogP) is 9.36. The zero-order valence-corrected chi connectivity index (χ0v) is 21.7. The topological polar surface area (TPSA) is 22.1 Å². The van der Waals surface area contributed by atoms with Crippen LogP contribution in [0.4, 0.5) is 13.2 Å². The average molecular weight is 532 g/mol. The number of ether oxygens (including phenoxy) is 1. The van der Waals surface area contributed by atoms with Gasteiger partial charge in [-0.2, -0.15) is 13.2 Å². The molecule has 0 atom stereocenters. The predicted molar refractivity (Wildman–Crippen MR) is 147 cm³/mol. The van der Waals surface area contributed by atoms with Gasteiger partial charge >= 0.3 is 6.18 Å². The summed E-state index contributed by atoms with van der Waals surface area (Å²) in [4.78, 5) is 4.29. The summed E-state index contributed by atoms with van der Waals surface area (Å²) in [6, 6.07) is 25.3. The third-order valence-electron chi connectivity index (χ3n) is 6.61. The van der Waals surface area contributed by atoms with Crippen molar-refractivity contribution in [2.75, 3.05) is 0 Å². The fourth-order valence-corrected chi connectivity index (χ4v) is 4.77. The molecule has 0 aliphatic carbocycles. The molecule has 0 aliphatic rings. The quantitative estimate of drug-likeness (QED) is 0.218. The van der Waals surface area contributed by atoms with E-state index in [2.05, 4.69) is 23.2 Å². The number of hydrogen-bond donors (Lipinski definition) is 0. The maximum atomic E-state index is 13.9. The highest BCUT2D eigenvalue weighted by atomic mass is 35.5. The molecular weight excluding hydrogens is 507 g/mol. The molecule has 0 fully saturated rings. The summed E-state index contributed by atoms with van der Waals surface area (Å²) in [6.07, 6.45) is -2.48. The van der Waals surface area contributed by atoms with Crippen LogP contribution in [-0.2, 0) is 19.2 Å². The summed E-state index contributed by atoms with van der Waals surface area (Å²) in [7, 11) is 0. The number of fused-ring (bicyclic) bond motifs is 1. The molecule has 0 saturated carbocycles. The monoisotopic (exact) mass is 531 g/mol. The number of hydrogen-bond acceptors (Lipinski definition) is 2. The Morgan fingerprint density at radius 1 is 0.842 bits per heavy atom. The van der Waals surface area contributed by atoms with E-state index in [9.17, 15) is 13.2 Å². The van der Waals surface area contributed by atoms with Gasteiger partial charge in [0.15, 0.2) is 0 Å². The normalized spacial score (nSPS) is 11.6. The molecule has 4 aromatic carbocycles. The molecule has 1 heterocycles. The van der Waals surface area contributed by atoms with Crippen molar-refractivity contribution in [3.8, 4) is 16.9 Å². The van der Waals surface area contributed by atoms with E-state index in [0.29, 0.717) is 34.7 Å². The summed E-state index contributed by atoms with van der Waals surface area (Å²) in [5.41, 5.74) is 5.80. The van der Waals surface area contributed by atoms with Crippen molar-refractivity contribution in [1.29, 1.82) is 0 Å². The Morgan fingerprint density at radius 2 is 1.61 bits per heavy atom. The molecule has 5 aromatic rings. The number of para-hydroxylation sites is 1. The van der Waals surface area contributed by atoms with Gasteiger partial charge in [0.1, 0.15) is 12.4 Å². The number of pyridine rings is 1. The molecule has 0 aliphatic heterocycles. The van der Waals surface area contributed by atoms with Gasteiger partial charge in [0.25, 0.3) is 0 Å². The van der Waals surface area contributed by atoms with Gasteiger partial charge in [0.05, 0.1) is 11.1 Å². The summed E-state index contributed by atoms with van der Waals surface area (Å²) in [5, 5.41) is 1.06. The molecule has 0 bridgehead atoms. The molecule has 38 heavy (non-hydrogen) atoms. The van der Waals surface area contributed by atoms with Gasteiger partial charge in [0, 0.05) is 16.6 Å². The second-order valence-electron chi connectivity index (χ2n) is 9.41. The maximum absolute atomic E-state index is 13.9. The van der Waals surface area contributed by atoms with Crippen molar-refractivity contribution in [2.45, 2.75) is 33.1 Å². The first-order valence-electron chi connectivity index (χ1n) is 12.2. The number of alkyl halides is 3. The van der Waals surface area contributed by atoms with E-state index in [1.807, 2.05) is 50.2 Å².